The lowest BCUT2D eigenvalue weighted by Crippen LogP contribution is -2.61. The first-order valence-corrected chi connectivity index (χ1v) is 33.8. The van der Waals surface area contributed by atoms with E-state index in [0.29, 0.717) is 0 Å². The van der Waals surface area contributed by atoms with E-state index in [9.17, 15) is 0 Å². The highest BCUT2D eigenvalue weighted by molar-refractivity contribution is 7.00. The molecule has 0 spiro atoms. The fourth-order valence-corrected chi connectivity index (χ4v) is 15.1. The van der Waals surface area contributed by atoms with Crippen molar-refractivity contribution in [2.45, 2.75) is 78.6 Å². The Balaban J connectivity index is 1.04. The highest BCUT2D eigenvalue weighted by atomic mass is 15.2. The Kier molecular flexibility index (Phi) is 14.4. The quantitative estimate of drug-likeness (QED) is 0.105. The summed E-state index contributed by atoms with van der Waals surface area (Å²) >= 11 is 0. The third-order valence-corrected chi connectivity index (χ3v) is 20.1. The molecule has 0 aliphatic carbocycles. The molecule has 2 aliphatic heterocycles. The molecule has 458 valence electrons. The van der Waals surface area contributed by atoms with Crippen molar-refractivity contribution < 1.29 is 0 Å². The van der Waals surface area contributed by atoms with Gasteiger partial charge in [0, 0.05) is 39.4 Å². The molecule has 2 nitrogen and oxygen atoms in total. The van der Waals surface area contributed by atoms with Crippen molar-refractivity contribution in [3.05, 3.63) is 320 Å². The van der Waals surface area contributed by atoms with Crippen molar-refractivity contribution in [2.24, 2.45) is 0 Å². The van der Waals surface area contributed by atoms with Gasteiger partial charge in [-0.3, -0.25) is 0 Å². The fourth-order valence-electron chi connectivity index (χ4n) is 15.1. The molecule has 0 radical (unpaired) electrons. The van der Waals surface area contributed by atoms with Gasteiger partial charge in [-0.2, -0.15) is 0 Å². The second kappa shape index (κ2) is 23.1. The van der Waals surface area contributed by atoms with Crippen molar-refractivity contribution in [1.82, 2.24) is 0 Å². The average Bonchev–Trinajstić information content (AvgIpc) is 0.691. The van der Waals surface area contributed by atoms with E-state index in [4.69, 9.17) is 0 Å². The van der Waals surface area contributed by atoms with Crippen LogP contribution >= 0.6 is 0 Å². The smallest absolute Gasteiger partial charge is 0.252 e. The second-order valence-electron chi connectivity index (χ2n) is 29.2. The van der Waals surface area contributed by atoms with Crippen LogP contribution in [0.25, 0.3) is 99.4 Å². The standard InChI is InChI=1S/C92H77BN2/c1-90(2,3)69-47-51-81(75(55-69)61-32-18-11-19-33-61)94-82-54-68(66-44-48-74-78(52-66)87(65-40-26-15-27-41-65)73-43-29-28-42-72(73)86(74)64-38-24-14-25-39-64)46-50-79(82)93-80-49-45-67(60-30-16-10-17-31-60)53-83(80)95(85-59-71(92(7,8)9)58-84(94)88(85)93)89-76(62-34-20-12-21-35-62)56-70(91(4,5)6)57-77(89)63-36-22-13-23-37-63/h10-59H,1-9H3. The number of rotatable bonds is 9. The van der Waals surface area contributed by atoms with E-state index in [1.165, 1.54) is 144 Å². The third kappa shape index (κ3) is 10.4. The highest BCUT2D eigenvalue weighted by Crippen LogP contribution is 2.54. The molecule has 16 rings (SSSR count). The molecule has 2 heterocycles. The molecule has 95 heavy (non-hydrogen) atoms. The Morgan fingerprint density at radius 3 is 1.07 bits per heavy atom. The number of fused-ring (bicyclic) bond motifs is 6. The minimum atomic E-state index is -0.268. The summed E-state index contributed by atoms with van der Waals surface area (Å²) in [4.78, 5) is 5.38. The van der Waals surface area contributed by atoms with E-state index in [1.54, 1.807) is 0 Å². The Hall–Kier alpha value is -10.7. The monoisotopic (exact) mass is 1220 g/mol. The van der Waals surface area contributed by atoms with Crippen LogP contribution in [0.2, 0.25) is 0 Å². The summed E-state index contributed by atoms with van der Waals surface area (Å²) < 4.78 is 0. The molecule has 14 aromatic carbocycles. The molecule has 0 amide bonds. The normalized spacial score (nSPS) is 12.8. The Morgan fingerprint density at radius 2 is 0.589 bits per heavy atom. The van der Waals surface area contributed by atoms with Crippen LogP contribution in [0.3, 0.4) is 0 Å². The Morgan fingerprint density at radius 1 is 0.232 bits per heavy atom. The first kappa shape index (κ1) is 59.3. The molecule has 0 N–H and O–H groups in total. The average molecular weight is 1220 g/mol. The van der Waals surface area contributed by atoms with E-state index in [1.807, 2.05) is 0 Å². The molecule has 2 aliphatic rings. The zero-order valence-corrected chi connectivity index (χ0v) is 55.8. The van der Waals surface area contributed by atoms with Crippen molar-refractivity contribution in [2.75, 3.05) is 9.80 Å². The van der Waals surface area contributed by atoms with Crippen LogP contribution in [0, 0.1) is 0 Å². The largest absolute Gasteiger partial charge is 0.311 e. The van der Waals surface area contributed by atoms with Gasteiger partial charge in [-0.1, -0.05) is 311 Å². The van der Waals surface area contributed by atoms with Gasteiger partial charge in [0.25, 0.3) is 6.71 Å². The Labute approximate surface area is 561 Å². The lowest BCUT2D eigenvalue weighted by atomic mass is 9.33. The predicted molar refractivity (Wildman–Crippen MR) is 410 cm³/mol. The van der Waals surface area contributed by atoms with Crippen molar-refractivity contribution >= 4 is 78.8 Å². The van der Waals surface area contributed by atoms with Gasteiger partial charge in [0.1, 0.15) is 0 Å². The number of nitrogens with zero attached hydrogens (tertiary/aromatic N) is 2. The van der Waals surface area contributed by atoms with Gasteiger partial charge in [0.05, 0.1) is 11.4 Å². The molecular formula is C92H77BN2. The van der Waals surface area contributed by atoms with Crippen LogP contribution in [0.15, 0.2) is 303 Å². The number of benzene rings is 14. The van der Waals surface area contributed by atoms with E-state index in [-0.39, 0.29) is 23.0 Å². The molecule has 0 saturated carbocycles. The van der Waals surface area contributed by atoms with E-state index >= 15 is 0 Å². The summed E-state index contributed by atoms with van der Waals surface area (Å²) in [6, 6.07) is 115. The summed E-state index contributed by atoms with van der Waals surface area (Å²) in [6.07, 6.45) is 0. The molecule has 14 aromatic rings. The number of hydrogen-bond donors (Lipinski definition) is 0. The third-order valence-electron chi connectivity index (χ3n) is 20.1. The first-order valence-electron chi connectivity index (χ1n) is 33.8. The van der Waals surface area contributed by atoms with Crippen LogP contribution in [-0.2, 0) is 16.2 Å². The van der Waals surface area contributed by atoms with Gasteiger partial charge in [0.15, 0.2) is 0 Å². The van der Waals surface area contributed by atoms with Crippen molar-refractivity contribution in [1.29, 1.82) is 0 Å². The van der Waals surface area contributed by atoms with Crippen LogP contribution in [0.5, 0.6) is 0 Å². The second-order valence-corrected chi connectivity index (χ2v) is 29.2. The van der Waals surface area contributed by atoms with E-state index in [2.05, 4.69) is 375 Å². The molecule has 3 heteroatoms. The number of hydrogen-bond acceptors (Lipinski definition) is 2. The molecule has 0 bridgehead atoms. The molecule has 0 aromatic heterocycles. The van der Waals surface area contributed by atoms with Gasteiger partial charge < -0.3 is 9.80 Å². The summed E-state index contributed by atoms with van der Waals surface area (Å²) in [5.74, 6) is 0. The maximum absolute atomic E-state index is 2.70. The molecular weight excluding hydrogens is 1140 g/mol. The summed E-state index contributed by atoms with van der Waals surface area (Å²) in [5.41, 5.74) is 30.8. The molecule has 0 saturated heterocycles. The minimum Gasteiger partial charge on any atom is -0.311 e. The minimum absolute atomic E-state index is 0.107. The summed E-state index contributed by atoms with van der Waals surface area (Å²) in [5, 5.41) is 4.95. The summed E-state index contributed by atoms with van der Waals surface area (Å²) in [7, 11) is 0. The van der Waals surface area contributed by atoms with Crippen LogP contribution in [0.4, 0.5) is 34.1 Å². The van der Waals surface area contributed by atoms with E-state index in [0.717, 1.165) is 22.5 Å². The van der Waals surface area contributed by atoms with Gasteiger partial charge in [0.2, 0.25) is 0 Å². The van der Waals surface area contributed by atoms with Crippen molar-refractivity contribution in [3.63, 3.8) is 0 Å². The van der Waals surface area contributed by atoms with E-state index < -0.39 is 0 Å². The fraction of sp³-hybridized carbons (Fsp3) is 0.130. The lowest BCUT2D eigenvalue weighted by Gasteiger charge is -2.46. The first-order chi connectivity index (χ1) is 46.0. The molecule has 0 unspecified atom stereocenters. The van der Waals surface area contributed by atoms with Gasteiger partial charge in [-0.15, -0.1) is 0 Å². The number of anilines is 6. The lowest BCUT2D eigenvalue weighted by molar-refractivity contribution is 0.590. The predicted octanol–water partition coefficient (Wildman–Crippen LogP) is 23.6. The van der Waals surface area contributed by atoms with Crippen molar-refractivity contribution in [3.8, 4) is 77.9 Å². The zero-order valence-electron chi connectivity index (χ0n) is 55.8. The molecule has 0 atom stereocenters. The SMILES string of the molecule is CC(C)(C)c1ccc(N2c3cc(-c4ccc5c(-c6ccccc6)c6ccccc6c(-c6ccccc6)c5c4)ccc3B3c4ccc(-c5ccccc5)cc4N(c4c(-c5ccccc5)cc(C(C)(C)C)cc4-c4ccccc4)c4cc(C(C)(C)C)cc2c43)c(-c2ccccc2)c1. The maximum atomic E-state index is 2.70. The van der Waals surface area contributed by atoms with Gasteiger partial charge in [-0.25, -0.2) is 0 Å². The zero-order chi connectivity index (χ0) is 64.9. The van der Waals surface area contributed by atoms with Gasteiger partial charge in [-0.05, 0) is 187 Å². The van der Waals surface area contributed by atoms with Crippen LogP contribution < -0.4 is 26.2 Å². The van der Waals surface area contributed by atoms with Crippen LogP contribution in [-0.4, -0.2) is 6.71 Å². The van der Waals surface area contributed by atoms with Crippen LogP contribution in [0.1, 0.15) is 79.0 Å². The summed E-state index contributed by atoms with van der Waals surface area (Å²) in [6.45, 7) is 21.1. The Bertz CT molecular complexity index is 5210. The topological polar surface area (TPSA) is 6.48 Å². The molecule has 0 fully saturated rings. The maximum Gasteiger partial charge on any atom is 0.252 e. The van der Waals surface area contributed by atoms with Gasteiger partial charge >= 0.3 is 0 Å². The highest BCUT2D eigenvalue weighted by Gasteiger charge is 2.46.